The molecule has 0 aliphatic rings. The molecular formula is C13H16N4O4S. The first kappa shape index (κ1) is 16.0. The van der Waals surface area contributed by atoms with Crippen LogP contribution in [0, 0.1) is 6.92 Å². The largest absolute Gasteiger partial charge is 0.360 e. The molecule has 8 nitrogen and oxygen atoms in total. The topological polar surface area (TPSA) is 113 Å². The molecule has 0 bridgehead atoms. The number of urea groups is 1. The van der Waals surface area contributed by atoms with Gasteiger partial charge in [-0.1, -0.05) is 17.3 Å². The Labute approximate surface area is 127 Å². The first-order valence-corrected chi connectivity index (χ1v) is 7.89. The van der Waals surface area contributed by atoms with Crippen molar-refractivity contribution in [2.45, 2.75) is 18.4 Å². The predicted octanol–water partition coefficient (Wildman–Crippen LogP) is 1.21. The van der Waals surface area contributed by atoms with Crippen LogP contribution in [0.25, 0.3) is 0 Å². The molecule has 3 N–H and O–H groups in total. The standard InChI is InChI=1S/C13H16N4O4S/c1-9-6-12(17-21-9)16-13(18)15-8-10-4-3-5-11(7-10)22(19,20)14-2/h3-7,14H,8H2,1-2H3,(H2,15,16,17,18). The fourth-order valence-corrected chi connectivity index (χ4v) is 2.51. The summed E-state index contributed by atoms with van der Waals surface area (Å²) in [6, 6.07) is 7.42. The number of amides is 2. The quantitative estimate of drug-likeness (QED) is 0.765. The van der Waals surface area contributed by atoms with Crippen LogP contribution >= 0.6 is 0 Å². The molecule has 0 atom stereocenters. The Morgan fingerprint density at radius 1 is 1.32 bits per heavy atom. The fourth-order valence-electron chi connectivity index (χ4n) is 1.71. The minimum Gasteiger partial charge on any atom is -0.360 e. The lowest BCUT2D eigenvalue weighted by molar-refractivity contribution is 0.251. The van der Waals surface area contributed by atoms with Gasteiger partial charge in [0.15, 0.2) is 5.82 Å². The molecule has 1 heterocycles. The average molecular weight is 324 g/mol. The summed E-state index contributed by atoms with van der Waals surface area (Å²) in [5.74, 6) is 0.891. The van der Waals surface area contributed by atoms with E-state index in [4.69, 9.17) is 4.52 Å². The van der Waals surface area contributed by atoms with Gasteiger partial charge >= 0.3 is 6.03 Å². The Kier molecular flexibility index (Phi) is 4.78. The lowest BCUT2D eigenvalue weighted by Crippen LogP contribution is -2.28. The molecule has 0 aliphatic heterocycles. The highest BCUT2D eigenvalue weighted by molar-refractivity contribution is 7.89. The zero-order valence-electron chi connectivity index (χ0n) is 12.1. The Morgan fingerprint density at radius 3 is 2.73 bits per heavy atom. The fraction of sp³-hybridized carbons (Fsp3) is 0.231. The third-order valence-electron chi connectivity index (χ3n) is 2.80. The summed E-state index contributed by atoms with van der Waals surface area (Å²) in [6.07, 6.45) is 0. The first-order chi connectivity index (χ1) is 10.4. The minimum atomic E-state index is -3.51. The van der Waals surface area contributed by atoms with E-state index in [-0.39, 0.29) is 11.4 Å². The van der Waals surface area contributed by atoms with Gasteiger partial charge in [0.1, 0.15) is 5.76 Å². The summed E-state index contributed by atoms with van der Waals surface area (Å²) in [4.78, 5) is 11.8. The molecule has 0 unspecified atom stereocenters. The molecule has 2 aromatic rings. The van der Waals surface area contributed by atoms with Crippen molar-refractivity contribution in [2.75, 3.05) is 12.4 Å². The van der Waals surface area contributed by atoms with Gasteiger partial charge in [0.05, 0.1) is 4.90 Å². The van der Waals surface area contributed by atoms with Gasteiger partial charge in [-0.25, -0.2) is 17.9 Å². The average Bonchev–Trinajstić information content (AvgIpc) is 2.90. The Morgan fingerprint density at radius 2 is 2.09 bits per heavy atom. The number of benzene rings is 1. The third-order valence-corrected chi connectivity index (χ3v) is 4.21. The van der Waals surface area contributed by atoms with Gasteiger partial charge in [-0.2, -0.15) is 0 Å². The van der Waals surface area contributed by atoms with E-state index >= 15 is 0 Å². The van der Waals surface area contributed by atoms with Crippen molar-refractivity contribution in [1.82, 2.24) is 15.2 Å². The number of hydrogen-bond acceptors (Lipinski definition) is 5. The predicted molar refractivity (Wildman–Crippen MR) is 79.8 cm³/mol. The summed E-state index contributed by atoms with van der Waals surface area (Å²) in [7, 11) is -2.16. The monoisotopic (exact) mass is 324 g/mol. The van der Waals surface area contributed by atoms with Crippen molar-refractivity contribution in [2.24, 2.45) is 0 Å². The van der Waals surface area contributed by atoms with Gasteiger partial charge in [-0.05, 0) is 31.7 Å². The second kappa shape index (κ2) is 6.58. The summed E-state index contributed by atoms with van der Waals surface area (Å²) < 4.78 is 30.5. The van der Waals surface area contributed by atoms with Gasteiger partial charge in [-0.3, -0.25) is 5.32 Å². The van der Waals surface area contributed by atoms with Gasteiger partial charge in [0.2, 0.25) is 10.0 Å². The molecule has 0 spiro atoms. The summed E-state index contributed by atoms with van der Waals surface area (Å²) in [6.45, 7) is 1.89. The third kappa shape index (κ3) is 4.06. The number of carbonyl (C=O) groups is 1. The van der Waals surface area contributed by atoms with Crippen LogP contribution in [0.4, 0.5) is 10.6 Å². The van der Waals surface area contributed by atoms with E-state index in [2.05, 4.69) is 20.5 Å². The number of carbonyl (C=O) groups excluding carboxylic acids is 1. The van der Waals surface area contributed by atoms with Gasteiger partial charge < -0.3 is 9.84 Å². The summed E-state index contributed by atoms with van der Waals surface area (Å²) >= 11 is 0. The smallest absolute Gasteiger partial charge is 0.320 e. The van der Waals surface area contributed by atoms with Crippen molar-refractivity contribution in [3.05, 3.63) is 41.7 Å². The zero-order valence-corrected chi connectivity index (χ0v) is 12.9. The van der Waals surface area contributed by atoms with Crippen molar-refractivity contribution >= 4 is 21.9 Å². The maximum atomic E-state index is 11.7. The molecule has 22 heavy (non-hydrogen) atoms. The Bertz CT molecular complexity index is 770. The van der Waals surface area contributed by atoms with Crippen molar-refractivity contribution < 1.29 is 17.7 Å². The number of anilines is 1. The van der Waals surface area contributed by atoms with E-state index in [1.54, 1.807) is 25.1 Å². The van der Waals surface area contributed by atoms with Crippen LogP contribution < -0.4 is 15.4 Å². The normalized spacial score (nSPS) is 11.2. The number of aromatic nitrogens is 1. The van der Waals surface area contributed by atoms with Crippen LogP contribution in [0.3, 0.4) is 0 Å². The molecule has 0 saturated heterocycles. The van der Waals surface area contributed by atoms with E-state index in [9.17, 15) is 13.2 Å². The van der Waals surface area contributed by atoms with Gasteiger partial charge in [-0.15, -0.1) is 0 Å². The lowest BCUT2D eigenvalue weighted by Gasteiger charge is -2.07. The van der Waals surface area contributed by atoms with Crippen LogP contribution in [-0.2, 0) is 16.6 Å². The van der Waals surface area contributed by atoms with Gasteiger partial charge in [0.25, 0.3) is 0 Å². The maximum absolute atomic E-state index is 11.7. The summed E-state index contributed by atoms with van der Waals surface area (Å²) in [5, 5.41) is 8.74. The SMILES string of the molecule is CNS(=O)(=O)c1cccc(CNC(=O)Nc2cc(C)on2)c1. The van der Waals surface area contributed by atoms with Crippen LogP contribution in [0.1, 0.15) is 11.3 Å². The number of sulfonamides is 1. The molecule has 0 fully saturated rings. The number of rotatable bonds is 5. The molecule has 0 aliphatic carbocycles. The van der Waals surface area contributed by atoms with E-state index in [0.717, 1.165) is 0 Å². The first-order valence-electron chi connectivity index (χ1n) is 6.41. The Hall–Kier alpha value is -2.39. The molecule has 0 saturated carbocycles. The lowest BCUT2D eigenvalue weighted by atomic mass is 10.2. The molecule has 2 amide bonds. The van der Waals surface area contributed by atoms with E-state index in [1.807, 2.05) is 0 Å². The van der Waals surface area contributed by atoms with Gasteiger partial charge in [0, 0.05) is 12.6 Å². The second-order valence-electron chi connectivity index (χ2n) is 4.49. The number of aryl methyl sites for hydroxylation is 1. The molecule has 9 heteroatoms. The van der Waals surface area contributed by atoms with Crippen molar-refractivity contribution in [3.63, 3.8) is 0 Å². The van der Waals surface area contributed by atoms with E-state index < -0.39 is 16.1 Å². The zero-order chi connectivity index (χ0) is 16.2. The maximum Gasteiger partial charge on any atom is 0.320 e. The van der Waals surface area contributed by atoms with E-state index in [1.165, 1.54) is 19.2 Å². The molecule has 1 aromatic carbocycles. The highest BCUT2D eigenvalue weighted by atomic mass is 32.2. The minimum absolute atomic E-state index is 0.141. The van der Waals surface area contributed by atoms with Crippen LogP contribution in [0.2, 0.25) is 0 Å². The number of hydrogen-bond donors (Lipinski definition) is 3. The van der Waals surface area contributed by atoms with Crippen LogP contribution in [0.5, 0.6) is 0 Å². The van der Waals surface area contributed by atoms with Crippen molar-refractivity contribution in [1.29, 1.82) is 0 Å². The second-order valence-corrected chi connectivity index (χ2v) is 6.37. The number of nitrogens with one attached hydrogen (secondary N) is 3. The van der Waals surface area contributed by atoms with Crippen LogP contribution in [0.15, 0.2) is 39.8 Å². The van der Waals surface area contributed by atoms with E-state index in [0.29, 0.717) is 17.1 Å². The highest BCUT2D eigenvalue weighted by Crippen LogP contribution is 2.11. The summed E-state index contributed by atoms with van der Waals surface area (Å²) in [5.41, 5.74) is 0.655. The number of nitrogens with zero attached hydrogens (tertiary/aromatic N) is 1. The van der Waals surface area contributed by atoms with Crippen LogP contribution in [-0.4, -0.2) is 26.7 Å². The van der Waals surface area contributed by atoms with Crippen molar-refractivity contribution in [3.8, 4) is 0 Å². The molecule has 1 aromatic heterocycles. The highest BCUT2D eigenvalue weighted by Gasteiger charge is 2.12. The molecule has 118 valence electrons. The molecule has 2 rings (SSSR count). The molecular weight excluding hydrogens is 308 g/mol. The Balaban J connectivity index is 1.97. The molecule has 0 radical (unpaired) electrons.